The van der Waals surface area contributed by atoms with Gasteiger partial charge < -0.3 is 30.2 Å². The minimum absolute atomic E-state index is 0.0415. The summed E-state index contributed by atoms with van der Waals surface area (Å²) in [7, 11) is 5.17. The molecule has 0 aromatic rings. The summed E-state index contributed by atoms with van der Waals surface area (Å²) in [5.74, 6) is -0.0525. The number of nitrogens with one attached hydrogen (secondary N) is 2. The molecule has 0 radical (unpaired) electrons. The Kier molecular flexibility index (Phi) is 9.99. The van der Waals surface area contributed by atoms with E-state index in [0.29, 0.717) is 32.0 Å². The number of likely N-dealkylation sites (tertiary alicyclic amines) is 1. The number of piperidine rings is 2. The van der Waals surface area contributed by atoms with Gasteiger partial charge in [-0.25, -0.2) is 0 Å². The third-order valence-electron chi connectivity index (χ3n) is 8.91. The second-order valence-corrected chi connectivity index (χ2v) is 11.0. The van der Waals surface area contributed by atoms with E-state index in [2.05, 4.69) is 15.5 Å². The first kappa shape index (κ1) is 27.7. The minimum atomic E-state index is -0.437. The standard InChI is InChI=1S/C26H47N5O5/c1-34-14-6-13-31-23(27)18(16-19-24(31)29-22-7-4-5-12-30(22)26(19)33)25(32)28-11-10-17-8-9-20(35-2)21(15-17)36-3/h17-24,29H,4-16,27H2,1-3H3,(H,28,32). The predicted octanol–water partition coefficient (Wildman–Crippen LogP) is 0.850. The molecule has 3 saturated heterocycles. The molecule has 1 saturated carbocycles. The van der Waals surface area contributed by atoms with E-state index in [4.69, 9.17) is 19.9 Å². The van der Waals surface area contributed by atoms with Crippen molar-refractivity contribution in [1.29, 1.82) is 0 Å². The summed E-state index contributed by atoms with van der Waals surface area (Å²) in [6.07, 6.45) is 8.09. The number of nitrogens with zero attached hydrogens (tertiary/aromatic N) is 2. The van der Waals surface area contributed by atoms with E-state index in [-0.39, 0.29) is 42.3 Å². The summed E-state index contributed by atoms with van der Waals surface area (Å²) in [6.45, 7) is 2.71. The van der Waals surface area contributed by atoms with Crippen molar-refractivity contribution in [2.75, 3.05) is 47.6 Å². The van der Waals surface area contributed by atoms with E-state index in [9.17, 15) is 9.59 Å². The van der Waals surface area contributed by atoms with Crippen LogP contribution >= 0.6 is 0 Å². The molecule has 0 aromatic heterocycles. The first-order valence-corrected chi connectivity index (χ1v) is 13.9. The Morgan fingerprint density at radius 3 is 2.67 bits per heavy atom. The van der Waals surface area contributed by atoms with Crippen molar-refractivity contribution in [1.82, 2.24) is 20.4 Å². The van der Waals surface area contributed by atoms with Crippen molar-refractivity contribution < 1.29 is 23.8 Å². The Morgan fingerprint density at radius 2 is 1.92 bits per heavy atom. The van der Waals surface area contributed by atoms with Gasteiger partial charge in [0.15, 0.2) is 0 Å². The zero-order chi connectivity index (χ0) is 25.7. The Balaban J connectivity index is 1.37. The Hall–Kier alpha value is -1.30. The number of carbonyl (C=O) groups excluding carboxylic acids is 2. The molecule has 3 heterocycles. The molecule has 4 rings (SSSR count). The molecule has 8 atom stereocenters. The van der Waals surface area contributed by atoms with Crippen LogP contribution in [0.2, 0.25) is 0 Å². The van der Waals surface area contributed by atoms with Crippen LogP contribution in [-0.2, 0) is 23.8 Å². The number of hydrogen-bond donors (Lipinski definition) is 3. The molecule has 0 aromatic carbocycles. The fourth-order valence-electron chi connectivity index (χ4n) is 6.85. The van der Waals surface area contributed by atoms with Crippen molar-refractivity contribution in [2.24, 2.45) is 23.5 Å². The van der Waals surface area contributed by atoms with Crippen LogP contribution in [0.4, 0.5) is 0 Å². The van der Waals surface area contributed by atoms with Crippen LogP contribution in [0, 0.1) is 17.8 Å². The number of amides is 2. The highest BCUT2D eigenvalue weighted by atomic mass is 16.5. The van der Waals surface area contributed by atoms with Gasteiger partial charge in [0.05, 0.1) is 42.5 Å². The summed E-state index contributed by atoms with van der Waals surface area (Å²) < 4.78 is 16.4. The molecular formula is C26H47N5O5. The van der Waals surface area contributed by atoms with Crippen molar-refractivity contribution >= 4 is 11.8 Å². The summed E-state index contributed by atoms with van der Waals surface area (Å²) in [5, 5.41) is 6.87. The fourth-order valence-corrected chi connectivity index (χ4v) is 6.85. The highest BCUT2D eigenvalue weighted by Crippen LogP contribution is 2.36. The van der Waals surface area contributed by atoms with Crippen LogP contribution < -0.4 is 16.4 Å². The van der Waals surface area contributed by atoms with Gasteiger partial charge in [0, 0.05) is 47.6 Å². The van der Waals surface area contributed by atoms with Gasteiger partial charge in [-0.05, 0) is 63.7 Å². The minimum Gasteiger partial charge on any atom is -0.385 e. The largest absolute Gasteiger partial charge is 0.385 e. The smallest absolute Gasteiger partial charge is 0.229 e. The average Bonchev–Trinajstić information content (AvgIpc) is 2.90. The molecule has 2 amide bonds. The third kappa shape index (κ3) is 6.05. The molecule has 36 heavy (non-hydrogen) atoms. The number of hydrogen-bond acceptors (Lipinski definition) is 8. The molecule has 10 nitrogen and oxygen atoms in total. The molecule has 3 aliphatic heterocycles. The van der Waals surface area contributed by atoms with Gasteiger partial charge in [-0.3, -0.25) is 19.8 Å². The van der Waals surface area contributed by atoms with E-state index >= 15 is 0 Å². The zero-order valence-electron chi connectivity index (χ0n) is 22.3. The Bertz CT molecular complexity index is 742. The maximum Gasteiger partial charge on any atom is 0.229 e. The molecule has 10 heteroatoms. The Morgan fingerprint density at radius 1 is 1.11 bits per heavy atom. The van der Waals surface area contributed by atoms with E-state index in [1.165, 1.54) is 0 Å². The second-order valence-electron chi connectivity index (χ2n) is 11.0. The summed E-state index contributed by atoms with van der Waals surface area (Å²) in [4.78, 5) is 31.0. The lowest BCUT2D eigenvalue weighted by Gasteiger charge is -2.55. The van der Waals surface area contributed by atoms with Crippen LogP contribution in [0.5, 0.6) is 0 Å². The predicted molar refractivity (Wildman–Crippen MR) is 136 cm³/mol. The molecule has 206 valence electrons. The number of nitrogens with two attached hydrogens (primary N) is 1. The molecular weight excluding hydrogens is 462 g/mol. The maximum absolute atomic E-state index is 13.5. The number of methoxy groups -OCH3 is 3. The van der Waals surface area contributed by atoms with Gasteiger partial charge in [-0.15, -0.1) is 0 Å². The zero-order valence-corrected chi connectivity index (χ0v) is 22.3. The highest BCUT2D eigenvalue weighted by Gasteiger charge is 2.52. The first-order valence-electron chi connectivity index (χ1n) is 13.9. The lowest BCUT2D eigenvalue weighted by atomic mass is 9.80. The van der Waals surface area contributed by atoms with Gasteiger partial charge >= 0.3 is 0 Å². The lowest BCUT2D eigenvalue weighted by molar-refractivity contribution is -0.162. The van der Waals surface area contributed by atoms with Gasteiger partial charge in [-0.1, -0.05) is 0 Å². The number of carbonyl (C=O) groups is 2. The van der Waals surface area contributed by atoms with Crippen LogP contribution in [0.1, 0.15) is 57.8 Å². The molecule has 0 bridgehead atoms. The maximum atomic E-state index is 13.5. The third-order valence-corrected chi connectivity index (χ3v) is 8.91. The number of fused-ring (bicyclic) bond motifs is 2. The molecule has 8 unspecified atom stereocenters. The van der Waals surface area contributed by atoms with Crippen molar-refractivity contribution in [3.8, 4) is 0 Å². The quantitative estimate of drug-likeness (QED) is 0.371. The van der Waals surface area contributed by atoms with Crippen LogP contribution in [0.3, 0.4) is 0 Å². The number of ether oxygens (including phenoxy) is 3. The molecule has 4 fully saturated rings. The van der Waals surface area contributed by atoms with Crippen LogP contribution in [0.25, 0.3) is 0 Å². The van der Waals surface area contributed by atoms with Gasteiger partial charge in [0.25, 0.3) is 0 Å². The van der Waals surface area contributed by atoms with E-state index in [1.807, 2.05) is 4.90 Å². The van der Waals surface area contributed by atoms with E-state index in [1.54, 1.807) is 21.3 Å². The normalized spacial score (nSPS) is 37.3. The van der Waals surface area contributed by atoms with Crippen LogP contribution in [0.15, 0.2) is 0 Å². The monoisotopic (exact) mass is 509 g/mol. The summed E-state index contributed by atoms with van der Waals surface area (Å²) in [6, 6.07) is 0. The molecule has 0 spiro atoms. The fraction of sp³-hybridized carbons (Fsp3) is 0.923. The van der Waals surface area contributed by atoms with E-state index in [0.717, 1.165) is 57.9 Å². The number of rotatable bonds is 10. The van der Waals surface area contributed by atoms with Crippen molar-refractivity contribution in [2.45, 2.75) is 88.5 Å². The lowest BCUT2D eigenvalue weighted by Crippen LogP contribution is -2.74. The molecule has 1 aliphatic carbocycles. The van der Waals surface area contributed by atoms with Gasteiger partial charge in [0.2, 0.25) is 11.8 Å². The van der Waals surface area contributed by atoms with Crippen molar-refractivity contribution in [3.05, 3.63) is 0 Å². The summed E-state index contributed by atoms with van der Waals surface area (Å²) >= 11 is 0. The Labute approximate surface area is 215 Å². The van der Waals surface area contributed by atoms with E-state index < -0.39 is 12.1 Å². The van der Waals surface area contributed by atoms with Gasteiger partial charge in [-0.2, -0.15) is 0 Å². The molecule has 4 aliphatic rings. The summed E-state index contributed by atoms with van der Waals surface area (Å²) in [5.41, 5.74) is 6.74. The average molecular weight is 510 g/mol. The topological polar surface area (TPSA) is 118 Å². The van der Waals surface area contributed by atoms with Crippen LogP contribution in [-0.4, -0.2) is 99.9 Å². The van der Waals surface area contributed by atoms with Crippen molar-refractivity contribution in [3.63, 3.8) is 0 Å². The first-order chi connectivity index (χ1) is 17.5. The second kappa shape index (κ2) is 13.0. The molecule has 4 N–H and O–H groups in total. The van der Waals surface area contributed by atoms with Gasteiger partial charge in [0.1, 0.15) is 0 Å². The SMILES string of the molecule is COCCCN1C(N)C(C(=O)NCCC2CCC(OC)C(OC)C2)CC2C(=O)N3CCCCC3NC21. The highest BCUT2D eigenvalue weighted by molar-refractivity contribution is 5.84.